The van der Waals surface area contributed by atoms with Crippen molar-refractivity contribution in [3.8, 4) is 5.75 Å². The fourth-order valence-corrected chi connectivity index (χ4v) is 7.17. The SMILES string of the molecule is CCOC(=O)C(C)NC(=O)CC(=O)NCCS(=O)(=O)N(c1cccc(OC)c1)C1CN(C(c2ccc(Cl)cc2)c2ccc(Cl)cc2)C1. The van der Waals surface area contributed by atoms with Crippen molar-refractivity contribution in [2.75, 3.05) is 43.4 Å². The molecule has 1 aliphatic heterocycles. The van der Waals surface area contributed by atoms with Gasteiger partial charge in [0.25, 0.3) is 0 Å². The molecule has 14 heteroatoms. The van der Waals surface area contributed by atoms with E-state index in [-0.39, 0.29) is 19.2 Å². The topological polar surface area (TPSA) is 134 Å². The predicted molar refractivity (Wildman–Crippen MR) is 181 cm³/mol. The van der Waals surface area contributed by atoms with E-state index in [2.05, 4.69) is 15.5 Å². The summed E-state index contributed by atoms with van der Waals surface area (Å²) in [6.07, 6.45) is -0.572. The van der Waals surface area contributed by atoms with Crippen molar-refractivity contribution >= 4 is 56.7 Å². The lowest BCUT2D eigenvalue weighted by Gasteiger charge is -2.49. The molecule has 252 valence electrons. The Kier molecular flexibility index (Phi) is 12.5. The summed E-state index contributed by atoms with van der Waals surface area (Å²) in [6, 6.07) is 20.4. The molecule has 2 N–H and O–H groups in total. The third-order valence-corrected chi connectivity index (χ3v) is 9.92. The van der Waals surface area contributed by atoms with Crippen LogP contribution in [0.3, 0.4) is 0 Å². The lowest BCUT2D eigenvalue weighted by Crippen LogP contribution is -2.62. The Morgan fingerprint density at radius 2 is 1.55 bits per heavy atom. The first-order valence-electron chi connectivity index (χ1n) is 15.1. The van der Waals surface area contributed by atoms with E-state index in [1.54, 1.807) is 31.2 Å². The Bertz CT molecular complexity index is 1600. The smallest absolute Gasteiger partial charge is 0.328 e. The molecule has 0 bridgehead atoms. The number of carbonyl (C=O) groups is 3. The highest BCUT2D eigenvalue weighted by atomic mass is 35.5. The van der Waals surface area contributed by atoms with Gasteiger partial charge in [-0.3, -0.25) is 18.8 Å². The van der Waals surface area contributed by atoms with Crippen LogP contribution in [0.1, 0.15) is 37.4 Å². The van der Waals surface area contributed by atoms with Crippen LogP contribution in [0.25, 0.3) is 0 Å². The monoisotopic (exact) mass is 704 g/mol. The zero-order valence-corrected chi connectivity index (χ0v) is 28.6. The van der Waals surface area contributed by atoms with E-state index in [0.29, 0.717) is 34.6 Å². The van der Waals surface area contributed by atoms with Crippen LogP contribution in [0.2, 0.25) is 10.0 Å². The van der Waals surface area contributed by atoms with Gasteiger partial charge < -0.3 is 20.1 Å². The molecule has 1 saturated heterocycles. The molecule has 0 spiro atoms. The molecule has 1 atom stereocenters. The van der Waals surface area contributed by atoms with E-state index in [4.69, 9.17) is 32.7 Å². The highest BCUT2D eigenvalue weighted by Crippen LogP contribution is 2.37. The zero-order chi connectivity index (χ0) is 34.1. The molecular weight excluding hydrogens is 667 g/mol. The Balaban J connectivity index is 1.47. The van der Waals surface area contributed by atoms with Gasteiger partial charge in [0, 0.05) is 35.7 Å². The molecule has 2 amide bonds. The van der Waals surface area contributed by atoms with Crippen LogP contribution < -0.4 is 19.7 Å². The second kappa shape index (κ2) is 16.3. The highest BCUT2D eigenvalue weighted by Gasteiger charge is 2.42. The van der Waals surface area contributed by atoms with E-state index < -0.39 is 52.1 Å². The van der Waals surface area contributed by atoms with Crippen LogP contribution in [0.15, 0.2) is 72.8 Å². The van der Waals surface area contributed by atoms with E-state index >= 15 is 0 Å². The largest absolute Gasteiger partial charge is 0.497 e. The van der Waals surface area contributed by atoms with Crippen molar-refractivity contribution in [3.05, 3.63) is 94.0 Å². The number of likely N-dealkylation sites (tertiary alicyclic amines) is 1. The van der Waals surface area contributed by atoms with Crippen molar-refractivity contribution in [2.24, 2.45) is 0 Å². The summed E-state index contributed by atoms with van der Waals surface area (Å²) in [5.74, 6) is -1.90. The Morgan fingerprint density at radius 3 is 2.11 bits per heavy atom. The van der Waals surface area contributed by atoms with Crippen molar-refractivity contribution in [2.45, 2.75) is 38.4 Å². The number of hydrogen-bond acceptors (Lipinski definition) is 8. The minimum absolute atomic E-state index is 0.158. The lowest BCUT2D eigenvalue weighted by molar-refractivity contribution is -0.147. The number of esters is 1. The quantitative estimate of drug-likeness (QED) is 0.178. The second-order valence-corrected chi connectivity index (χ2v) is 13.8. The number of anilines is 1. The summed E-state index contributed by atoms with van der Waals surface area (Å²) >= 11 is 12.3. The third-order valence-electron chi connectivity index (χ3n) is 7.59. The van der Waals surface area contributed by atoms with Gasteiger partial charge in [-0.05, 0) is 61.4 Å². The average molecular weight is 706 g/mol. The highest BCUT2D eigenvalue weighted by molar-refractivity contribution is 7.92. The minimum atomic E-state index is -3.97. The maximum atomic E-state index is 13.9. The number of methoxy groups -OCH3 is 1. The third kappa shape index (κ3) is 9.60. The molecule has 1 aliphatic rings. The molecule has 0 aliphatic carbocycles. The summed E-state index contributed by atoms with van der Waals surface area (Å²) in [5, 5.41) is 6.12. The minimum Gasteiger partial charge on any atom is -0.497 e. The van der Waals surface area contributed by atoms with E-state index in [1.165, 1.54) is 18.3 Å². The summed E-state index contributed by atoms with van der Waals surface area (Å²) in [7, 11) is -2.47. The first kappa shape index (κ1) is 36.0. The maximum Gasteiger partial charge on any atom is 0.328 e. The van der Waals surface area contributed by atoms with Crippen LogP contribution in [0.5, 0.6) is 5.75 Å². The fourth-order valence-electron chi connectivity index (χ4n) is 5.34. The maximum absolute atomic E-state index is 13.9. The summed E-state index contributed by atoms with van der Waals surface area (Å²) < 4.78 is 39.4. The molecule has 3 aromatic rings. The first-order chi connectivity index (χ1) is 22.4. The average Bonchev–Trinajstić information content (AvgIpc) is 3.01. The Labute approximate surface area is 285 Å². The van der Waals surface area contributed by atoms with Crippen molar-refractivity contribution in [1.29, 1.82) is 0 Å². The molecule has 0 saturated carbocycles. The summed E-state index contributed by atoms with van der Waals surface area (Å²) in [6.45, 7) is 3.85. The van der Waals surface area contributed by atoms with Gasteiger partial charge >= 0.3 is 5.97 Å². The first-order valence-corrected chi connectivity index (χ1v) is 17.4. The number of nitrogens with zero attached hydrogens (tertiary/aromatic N) is 2. The number of ether oxygens (including phenoxy) is 2. The molecule has 3 aromatic carbocycles. The molecule has 0 radical (unpaired) electrons. The number of sulfonamides is 1. The standard InChI is InChI=1S/C33H38Cl2N4O7S/c1-4-46-33(42)22(2)37-31(41)19-30(40)36-16-17-47(43,44)39(27-6-5-7-29(18-27)45-3)28-20-38(21-28)32(23-8-12-25(34)13-9-23)24-10-14-26(35)15-11-24/h5-15,18,22,28,32H,4,16-17,19-21H2,1-3H3,(H,36,40)(H,37,41). The van der Waals surface area contributed by atoms with E-state index in [9.17, 15) is 22.8 Å². The number of benzene rings is 3. The van der Waals surface area contributed by atoms with Gasteiger partial charge in [-0.25, -0.2) is 13.2 Å². The van der Waals surface area contributed by atoms with Gasteiger partial charge in [-0.15, -0.1) is 0 Å². The summed E-state index contributed by atoms with van der Waals surface area (Å²) in [4.78, 5) is 38.6. The number of carbonyl (C=O) groups excluding carboxylic acids is 3. The molecule has 0 aromatic heterocycles. The molecule has 4 rings (SSSR count). The molecule has 1 heterocycles. The van der Waals surface area contributed by atoms with Crippen molar-refractivity contribution < 1.29 is 32.3 Å². The molecular formula is C33H38Cl2N4O7S. The molecule has 11 nitrogen and oxygen atoms in total. The van der Waals surface area contributed by atoms with E-state index in [1.807, 2.05) is 48.5 Å². The van der Waals surface area contributed by atoms with Crippen LogP contribution in [0, 0.1) is 0 Å². The van der Waals surface area contributed by atoms with Crippen LogP contribution >= 0.6 is 23.2 Å². The van der Waals surface area contributed by atoms with E-state index in [0.717, 1.165) is 11.1 Å². The van der Waals surface area contributed by atoms with Crippen molar-refractivity contribution in [3.63, 3.8) is 0 Å². The normalized spacial score (nSPS) is 14.2. The molecule has 47 heavy (non-hydrogen) atoms. The Morgan fingerprint density at radius 1 is 0.957 bits per heavy atom. The van der Waals surface area contributed by atoms with Gasteiger partial charge in [0.1, 0.15) is 18.2 Å². The number of amides is 2. The zero-order valence-electron chi connectivity index (χ0n) is 26.3. The van der Waals surface area contributed by atoms with Gasteiger partial charge in [0.15, 0.2) is 0 Å². The Hall–Kier alpha value is -3.84. The number of halogens is 2. The van der Waals surface area contributed by atoms with Crippen LogP contribution in [-0.4, -0.2) is 82.3 Å². The number of rotatable bonds is 15. The fraction of sp³-hybridized carbons (Fsp3) is 0.364. The van der Waals surface area contributed by atoms with Gasteiger partial charge in [0.05, 0.1) is 37.2 Å². The van der Waals surface area contributed by atoms with Crippen LogP contribution in [-0.2, 0) is 29.1 Å². The van der Waals surface area contributed by atoms with Gasteiger partial charge in [0.2, 0.25) is 21.8 Å². The molecule has 1 unspecified atom stereocenters. The van der Waals surface area contributed by atoms with Gasteiger partial charge in [-0.1, -0.05) is 53.5 Å². The van der Waals surface area contributed by atoms with Crippen LogP contribution in [0.4, 0.5) is 5.69 Å². The number of nitrogens with one attached hydrogen (secondary N) is 2. The van der Waals surface area contributed by atoms with Gasteiger partial charge in [-0.2, -0.15) is 0 Å². The lowest BCUT2D eigenvalue weighted by atomic mass is 9.93. The second-order valence-electron chi connectivity index (χ2n) is 11.0. The number of hydrogen-bond donors (Lipinski definition) is 2. The molecule has 1 fully saturated rings. The summed E-state index contributed by atoms with van der Waals surface area (Å²) in [5.41, 5.74) is 2.42. The predicted octanol–water partition coefficient (Wildman–Crippen LogP) is 4.19. The van der Waals surface area contributed by atoms with Crippen molar-refractivity contribution in [1.82, 2.24) is 15.5 Å².